The maximum Gasteiger partial charge on any atom is 0.246 e. The van der Waals surface area contributed by atoms with Gasteiger partial charge in [-0.2, -0.15) is 0 Å². The van der Waals surface area contributed by atoms with Crippen LogP contribution >= 0.6 is 0 Å². The maximum absolute atomic E-state index is 13.3. The number of carbonyl (C=O) groups excluding carboxylic acids is 1. The molecule has 128 valence electrons. The lowest BCUT2D eigenvalue weighted by Crippen LogP contribution is -2.18. The summed E-state index contributed by atoms with van der Waals surface area (Å²) in [5.41, 5.74) is 2.03. The van der Waals surface area contributed by atoms with Gasteiger partial charge >= 0.3 is 0 Å². The molecule has 0 aliphatic heterocycles. The Morgan fingerprint density at radius 3 is 2.96 bits per heavy atom. The first-order valence-corrected chi connectivity index (χ1v) is 7.63. The highest BCUT2D eigenvalue weighted by Gasteiger charge is 2.11. The summed E-state index contributed by atoms with van der Waals surface area (Å²) in [5, 5.41) is 0.668. The molecule has 0 aliphatic carbocycles. The van der Waals surface area contributed by atoms with E-state index in [2.05, 4.69) is 15.0 Å². The molecule has 2 aromatic heterocycles. The van der Waals surface area contributed by atoms with E-state index >= 15 is 0 Å². The fraction of sp³-hybridized carbons (Fsp3) is 0.167. The van der Waals surface area contributed by atoms with Crippen LogP contribution in [0, 0.1) is 5.82 Å². The fourth-order valence-corrected chi connectivity index (χ4v) is 2.29. The predicted octanol–water partition coefficient (Wildman–Crippen LogP) is 2.78. The van der Waals surface area contributed by atoms with Gasteiger partial charge in [0.1, 0.15) is 24.4 Å². The predicted molar refractivity (Wildman–Crippen MR) is 92.3 cm³/mol. The van der Waals surface area contributed by atoms with Gasteiger partial charge in [-0.25, -0.2) is 14.4 Å². The maximum atomic E-state index is 13.3. The summed E-state index contributed by atoms with van der Waals surface area (Å²) in [6.45, 7) is 0.175. The number of H-pyrrole nitrogens is 1. The summed E-state index contributed by atoms with van der Waals surface area (Å²) in [6.07, 6.45) is 6.26. The van der Waals surface area contributed by atoms with Gasteiger partial charge in [0.15, 0.2) is 0 Å². The number of aromatic nitrogens is 3. The average molecular weight is 340 g/mol. The summed E-state index contributed by atoms with van der Waals surface area (Å²) < 4.78 is 19.0. The number of rotatable bonds is 5. The molecule has 0 saturated carbocycles. The van der Waals surface area contributed by atoms with Crippen LogP contribution in [0.15, 0.2) is 42.9 Å². The van der Waals surface area contributed by atoms with Crippen molar-refractivity contribution in [1.82, 2.24) is 19.9 Å². The second-order valence-electron chi connectivity index (χ2n) is 5.63. The molecule has 0 bridgehead atoms. The number of halogens is 1. The number of hydrogen-bond donors (Lipinski definition) is 1. The highest BCUT2D eigenvalue weighted by Crippen LogP contribution is 2.26. The minimum absolute atomic E-state index is 0.131. The molecule has 1 N–H and O–H groups in total. The minimum atomic E-state index is -0.318. The number of nitrogens with zero attached hydrogens (tertiary/aromatic N) is 3. The van der Waals surface area contributed by atoms with Crippen LogP contribution in [-0.2, 0) is 11.4 Å². The molecule has 1 amide bonds. The molecule has 3 aromatic rings. The summed E-state index contributed by atoms with van der Waals surface area (Å²) >= 11 is 0. The Bertz CT molecular complexity index is 934. The van der Waals surface area contributed by atoms with Gasteiger partial charge in [-0.05, 0) is 23.8 Å². The van der Waals surface area contributed by atoms with Gasteiger partial charge < -0.3 is 14.6 Å². The molecule has 7 heteroatoms. The van der Waals surface area contributed by atoms with Crippen LogP contribution in [0.1, 0.15) is 11.1 Å². The number of nitrogens with one attached hydrogen (secondary N) is 1. The average Bonchev–Trinajstić information content (AvgIpc) is 3.01. The van der Waals surface area contributed by atoms with Crippen molar-refractivity contribution in [2.45, 2.75) is 6.61 Å². The van der Waals surface area contributed by atoms with E-state index in [0.717, 1.165) is 5.56 Å². The fourth-order valence-electron chi connectivity index (χ4n) is 2.29. The topological polar surface area (TPSA) is 71.1 Å². The van der Waals surface area contributed by atoms with Gasteiger partial charge in [0.25, 0.3) is 0 Å². The third-order valence-electron chi connectivity index (χ3n) is 3.58. The van der Waals surface area contributed by atoms with Gasteiger partial charge in [-0.3, -0.25) is 4.79 Å². The van der Waals surface area contributed by atoms with Crippen molar-refractivity contribution in [2.24, 2.45) is 0 Å². The van der Waals surface area contributed by atoms with Crippen LogP contribution in [0.25, 0.3) is 17.1 Å². The molecule has 0 unspecified atom stereocenters. The highest BCUT2D eigenvalue weighted by atomic mass is 19.1. The van der Waals surface area contributed by atoms with E-state index in [9.17, 15) is 9.18 Å². The molecule has 3 rings (SSSR count). The second kappa shape index (κ2) is 7.12. The van der Waals surface area contributed by atoms with Crippen molar-refractivity contribution < 1.29 is 13.9 Å². The number of ether oxygens (including phenoxy) is 1. The zero-order valence-electron chi connectivity index (χ0n) is 13.9. The molecule has 2 heterocycles. The molecule has 0 fully saturated rings. The van der Waals surface area contributed by atoms with Gasteiger partial charge in [0.05, 0.1) is 5.39 Å². The van der Waals surface area contributed by atoms with Crippen molar-refractivity contribution in [3.63, 3.8) is 0 Å². The van der Waals surface area contributed by atoms with Crippen molar-refractivity contribution >= 4 is 23.0 Å². The van der Waals surface area contributed by atoms with E-state index in [0.29, 0.717) is 22.5 Å². The molecule has 0 saturated heterocycles. The summed E-state index contributed by atoms with van der Waals surface area (Å²) in [7, 11) is 3.36. The van der Waals surface area contributed by atoms with Crippen LogP contribution in [0.4, 0.5) is 4.39 Å². The first kappa shape index (κ1) is 16.6. The number of fused-ring (bicyclic) bond motifs is 1. The number of aromatic amines is 1. The van der Waals surface area contributed by atoms with Crippen LogP contribution in [0.2, 0.25) is 0 Å². The third-order valence-corrected chi connectivity index (χ3v) is 3.58. The number of amides is 1. The summed E-state index contributed by atoms with van der Waals surface area (Å²) in [4.78, 5) is 24.6. The van der Waals surface area contributed by atoms with Crippen LogP contribution in [-0.4, -0.2) is 39.9 Å². The minimum Gasteiger partial charge on any atom is -0.472 e. The smallest absolute Gasteiger partial charge is 0.246 e. The molecule has 0 radical (unpaired) electrons. The van der Waals surface area contributed by atoms with E-state index in [1.165, 1.54) is 29.4 Å². The largest absolute Gasteiger partial charge is 0.472 e. The first-order valence-electron chi connectivity index (χ1n) is 7.63. The van der Waals surface area contributed by atoms with Crippen molar-refractivity contribution in [3.05, 3.63) is 59.8 Å². The van der Waals surface area contributed by atoms with Crippen LogP contribution < -0.4 is 4.74 Å². The second-order valence-corrected chi connectivity index (χ2v) is 5.63. The lowest BCUT2D eigenvalue weighted by atomic mass is 10.2. The van der Waals surface area contributed by atoms with Gasteiger partial charge in [-0.1, -0.05) is 12.1 Å². The molecule has 0 aliphatic rings. The van der Waals surface area contributed by atoms with Gasteiger partial charge in [0, 0.05) is 31.9 Å². The Labute approximate surface area is 144 Å². The molecular weight excluding hydrogens is 323 g/mol. The molecule has 0 atom stereocenters. The Morgan fingerprint density at radius 2 is 2.20 bits per heavy atom. The normalized spacial score (nSPS) is 11.2. The van der Waals surface area contributed by atoms with Crippen LogP contribution in [0.5, 0.6) is 5.88 Å². The number of carbonyl (C=O) groups is 1. The molecular formula is C18H17FN4O2. The van der Waals surface area contributed by atoms with E-state index < -0.39 is 0 Å². The van der Waals surface area contributed by atoms with Crippen molar-refractivity contribution in [3.8, 4) is 5.88 Å². The molecule has 25 heavy (non-hydrogen) atoms. The van der Waals surface area contributed by atoms with Gasteiger partial charge in [0.2, 0.25) is 11.8 Å². The molecule has 6 nitrogen and oxygen atoms in total. The Balaban J connectivity index is 1.88. The number of likely N-dealkylation sites (N-methyl/N-ethyl adjacent to an activating group) is 1. The molecule has 1 aromatic carbocycles. The van der Waals surface area contributed by atoms with Crippen molar-refractivity contribution in [1.29, 1.82) is 0 Å². The Hall–Kier alpha value is -3.22. The van der Waals surface area contributed by atoms with E-state index in [4.69, 9.17) is 4.74 Å². The zero-order valence-corrected chi connectivity index (χ0v) is 13.9. The Morgan fingerprint density at radius 1 is 1.36 bits per heavy atom. The summed E-state index contributed by atoms with van der Waals surface area (Å²) in [6, 6.07) is 6.19. The lowest BCUT2D eigenvalue weighted by molar-refractivity contribution is -0.123. The zero-order chi connectivity index (χ0) is 17.8. The van der Waals surface area contributed by atoms with Crippen molar-refractivity contribution in [2.75, 3.05) is 14.1 Å². The highest BCUT2D eigenvalue weighted by molar-refractivity contribution is 5.96. The number of benzene rings is 1. The van der Waals surface area contributed by atoms with E-state index in [1.54, 1.807) is 38.5 Å². The number of hydrogen-bond acceptors (Lipinski definition) is 4. The lowest BCUT2D eigenvalue weighted by Gasteiger charge is -2.07. The van der Waals surface area contributed by atoms with Gasteiger partial charge in [-0.15, -0.1) is 0 Å². The standard InChI is InChI=1S/C18H17FN4O2/c1-23(2)15(24)7-6-13-9-20-17-16(13)18(22-11-21-17)25-10-12-4-3-5-14(19)8-12/h3-9,11H,10H2,1-2H3,(H,20,21,22)/b7-6+. The summed E-state index contributed by atoms with van der Waals surface area (Å²) in [5.74, 6) is -0.0812. The third kappa shape index (κ3) is 3.82. The quantitative estimate of drug-likeness (QED) is 0.725. The Kier molecular flexibility index (Phi) is 4.74. The van der Waals surface area contributed by atoms with E-state index in [1.807, 2.05) is 0 Å². The monoisotopic (exact) mass is 340 g/mol. The van der Waals surface area contributed by atoms with Crippen LogP contribution in [0.3, 0.4) is 0 Å². The SMILES string of the molecule is CN(C)C(=O)/C=C/c1c[nH]c2ncnc(OCc3cccc(F)c3)c12. The molecule has 0 spiro atoms. The first-order chi connectivity index (χ1) is 12.0. The van der Waals surface area contributed by atoms with E-state index in [-0.39, 0.29) is 18.3 Å².